The number of rotatable bonds is 9. The first-order valence-electron chi connectivity index (χ1n) is 11.2. The zero-order chi connectivity index (χ0) is 25.2. The summed E-state index contributed by atoms with van der Waals surface area (Å²) in [5, 5.41) is 3.37. The maximum Gasteiger partial charge on any atom is 0.282 e. The highest BCUT2D eigenvalue weighted by Crippen LogP contribution is 2.41. The van der Waals surface area contributed by atoms with Crippen molar-refractivity contribution in [3.05, 3.63) is 60.0 Å². The number of fused-ring (bicyclic) bond motifs is 1. The first kappa shape index (κ1) is 24.9. The summed E-state index contributed by atoms with van der Waals surface area (Å²) in [6.07, 6.45) is 3.30. The standard InChI is InChI=1S/C24H30N6O4S/c1-28(2)12-13-34-21-14-25-11-10-18(21)23-24(26-17-8-6-5-7-9-17)22-19(27-23)15-30(16-20(22)31)35(32,33)29(3)4/h5-11,14,26-27H,12-13,15-16H2,1-4H3. The number of ketones is 1. The summed E-state index contributed by atoms with van der Waals surface area (Å²) in [6.45, 7) is 0.992. The molecule has 0 fully saturated rings. The lowest BCUT2D eigenvalue weighted by molar-refractivity contribution is 0.0947. The predicted molar refractivity (Wildman–Crippen MR) is 135 cm³/mol. The van der Waals surface area contributed by atoms with Crippen LogP contribution in [0.2, 0.25) is 0 Å². The van der Waals surface area contributed by atoms with E-state index in [1.807, 2.05) is 55.4 Å². The lowest BCUT2D eigenvalue weighted by Gasteiger charge is -2.28. The number of pyridine rings is 1. The molecule has 10 nitrogen and oxygen atoms in total. The first-order valence-corrected chi connectivity index (χ1v) is 12.6. The van der Waals surface area contributed by atoms with Gasteiger partial charge in [0.25, 0.3) is 10.2 Å². The summed E-state index contributed by atoms with van der Waals surface area (Å²) in [5.41, 5.74) is 3.72. The Morgan fingerprint density at radius 3 is 2.54 bits per heavy atom. The lowest BCUT2D eigenvalue weighted by Crippen LogP contribution is -2.44. The topological polar surface area (TPSA) is 111 Å². The van der Waals surface area contributed by atoms with Gasteiger partial charge in [-0.1, -0.05) is 18.2 Å². The summed E-state index contributed by atoms with van der Waals surface area (Å²) in [4.78, 5) is 22.9. The van der Waals surface area contributed by atoms with E-state index in [1.165, 1.54) is 18.4 Å². The number of nitrogens with zero attached hydrogens (tertiary/aromatic N) is 4. The molecule has 35 heavy (non-hydrogen) atoms. The first-order chi connectivity index (χ1) is 16.7. The third kappa shape index (κ3) is 5.22. The van der Waals surface area contributed by atoms with Gasteiger partial charge in [0, 0.05) is 43.8 Å². The van der Waals surface area contributed by atoms with E-state index in [-0.39, 0.29) is 18.9 Å². The Hall–Kier alpha value is -3.25. The van der Waals surface area contributed by atoms with Crippen molar-refractivity contribution in [2.45, 2.75) is 6.54 Å². The number of H-pyrrole nitrogens is 1. The van der Waals surface area contributed by atoms with Crippen LogP contribution in [0.25, 0.3) is 11.3 Å². The van der Waals surface area contributed by atoms with Gasteiger partial charge in [-0.15, -0.1) is 0 Å². The number of aromatic amines is 1. The van der Waals surface area contributed by atoms with Crippen molar-refractivity contribution in [2.75, 3.05) is 53.2 Å². The smallest absolute Gasteiger partial charge is 0.282 e. The second-order valence-electron chi connectivity index (χ2n) is 8.72. The van der Waals surface area contributed by atoms with Crippen LogP contribution in [0.15, 0.2) is 48.8 Å². The predicted octanol–water partition coefficient (Wildman–Crippen LogP) is 2.57. The van der Waals surface area contributed by atoms with Gasteiger partial charge in [-0.2, -0.15) is 17.0 Å². The molecule has 3 aromatic rings. The van der Waals surface area contributed by atoms with Gasteiger partial charge in [-0.3, -0.25) is 9.78 Å². The molecule has 1 aromatic carbocycles. The summed E-state index contributed by atoms with van der Waals surface area (Å²) in [5.74, 6) is 0.274. The van der Waals surface area contributed by atoms with E-state index in [4.69, 9.17) is 4.74 Å². The van der Waals surface area contributed by atoms with E-state index in [9.17, 15) is 13.2 Å². The Labute approximate surface area is 205 Å². The largest absolute Gasteiger partial charge is 0.490 e. The minimum absolute atomic E-state index is 0.0486. The van der Waals surface area contributed by atoms with Gasteiger partial charge in [0.1, 0.15) is 12.4 Å². The molecule has 0 radical (unpaired) electrons. The van der Waals surface area contributed by atoms with Crippen LogP contribution in [0.1, 0.15) is 16.1 Å². The number of carbonyl (C=O) groups is 1. The molecule has 0 saturated heterocycles. The van der Waals surface area contributed by atoms with Crippen LogP contribution in [-0.2, 0) is 16.8 Å². The Morgan fingerprint density at radius 1 is 1.11 bits per heavy atom. The Bertz CT molecular complexity index is 1300. The number of benzene rings is 1. The van der Waals surface area contributed by atoms with Crippen molar-refractivity contribution in [1.82, 2.24) is 23.5 Å². The Balaban J connectivity index is 1.81. The molecule has 0 aliphatic carbocycles. The summed E-state index contributed by atoms with van der Waals surface area (Å²) < 4.78 is 33.8. The number of nitrogens with one attached hydrogen (secondary N) is 2. The normalized spacial score (nSPS) is 14.4. The van der Waals surface area contributed by atoms with Crippen LogP contribution in [-0.4, -0.2) is 85.6 Å². The van der Waals surface area contributed by atoms with Crippen molar-refractivity contribution < 1.29 is 17.9 Å². The van der Waals surface area contributed by atoms with Crippen LogP contribution in [0.5, 0.6) is 5.75 Å². The molecule has 0 saturated carbocycles. The molecule has 0 bridgehead atoms. The quantitative estimate of drug-likeness (QED) is 0.466. The second-order valence-corrected chi connectivity index (χ2v) is 10.9. The third-order valence-corrected chi connectivity index (χ3v) is 7.53. The second kappa shape index (κ2) is 10.2. The van der Waals surface area contributed by atoms with Crippen molar-refractivity contribution in [3.8, 4) is 17.0 Å². The number of Topliss-reactive ketones (excluding diaryl/α,β-unsaturated/α-hetero) is 1. The highest BCUT2D eigenvalue weighted by molar-refractivity contribution is 7.86. The van der Waals surface area contributed by atoms with Gasteiger partial charge in [0.15, 0.2) is 5.78 Å². The van der Waals surface area contributed by atoms with Crippen molar-refractivity contribution >= 4 is 27.4 Å². The van der Waals surface area contributed by atoms with Crippen LogP contribution in [0.4, 0.5) is 11.4 Å². The third-order valence-electron chi connectivity index (χ3n) is 5.69. The molecule has 0 spiro atoms. The van der Waals surface area contributed by atoms with Crippen LogP contribution < -0.4 is 10.1 Å². The monoisotopic (exact) mass is 498 g/mol. The number of carbonyl (C=O) groups excluding carboxylic acids is 1. The van der Waals surface area contributed by atoms with E-state index in [2.05, 4.69) is 15.3 Å². The molecular weight excluding hydrogens is 468 g/mol. The van der Waals surface area contributed by atoms with E-state index in [0.29, 0.717) is 35.0 Å². The van der Waals surface area contributed by atoms with Gasteiger partial charge in [0.2, 0.25) is 0 Å². The van der Waals surface area contributed by atoms with Gasteiger partial charge >= 0.3 is 0 Å². The molecule has 0 unspecified atom stereocenters. The zero-order valence-corrected chi connectivity index (χ0v) is 21.1. The molecule has 1 aliphatic heterocycles. The highest BCUT2D eigenvalue weighted by atomic mass is 32.2. The Morgan fingerprint density at radius 2 is 1.86 bits per heavy atom. The SMILES string of the molecule is CN(C)CCOc1cnccc1-c1[nH]c2c(c1Nc1ccccc1)C(=O)CN(S(=O)(=O)N(C)C)C2. The molecule has 1 aliphatic rings. The molecule has 3 heterocycles. The maximum absolute atomic E-state index is 13.3. The number of ether oxygens (including phenoxy) is 1. The summed E-state index contributed by atoms with van der Waals surface area (Å²) >= 11 is 0. The molecule has 2 N–H and O–H groups in total. The zero-order valence-electron chi connectivity index (χ0n) is 20.3. The molecular formula is C24H30N6O4S. The number of hydrogen-bond donors (Lipinski definition) is 2. The number of anilines is 2. The van der Waals surface area contributed by atoms with Crippen LogP contribution in [0.3, 0.4) is 0 Å². The average Bonchev–Trinajstić information content (AvgIpc) is 3.18. The summed E-state index contributed by atoms with van der Waals surface area (Å²) in [7, 11) is 3.07. The van der Waals surface area contributed by atoms with E-state index < -0.39 is 10.2 Å². The van der Waals surface area contributed by atoms with Crippen LogP contribution in [0, 0.1) is 0 Å². The fraction of sp³-hybridized carbons (Fsp3) is 0.333. The molecule has 11 heteroatoms. The van der Waals surface area contributed by atoms with Gasteiger partial charge in [0.05, 0.1) is 36.2 Å². The number of para-hydroxylation sites is 1. The number of aromatic nitrogens is 2. The van der Waals surface area contributed by atoms with Crippen molar-refractivity contribution in [1.29, 1.82) is 0 Å². The van der Waals surface area contributed by atoms with Crippen LogP contribution >= 0.6 is 0 Å². The molecule has 0 atom stereocenters. The molecule has 4 rings (SSSR count). The summed E-state index contributed by atoms with van der Waals surface area (Å²) in [6, 6.07) is 11.3. The Kier molecular flexibility index (Phi) is 7.22. The minimum atomic E-state index is -3.76. The minimum Gasteiger partial charge on any atom is -0.490 e. The molecule has 2 aromatic heterocycles. The van der Waals surface area contributed by atoms with Gasteiger partial charge in [-0.25, -0.2) is 0 Å². The van der Waals surface area contributed by atoms with Gasteiger partial charge < -0.3 is 19.9 Å². The fourth-order valence-corrected chi connectivity index (χ4v) is 4.91. The van der Waals surface area contributed by atoms with Crippen molar-refractivity contribution in [2.24, 2.45) is 0 Å². The van der Waals surface area contributed by atoms with Gasteiger partial charge in [-0.05, 0) is 32.3 Å². The number of hydrogen-bond acceptors (Lipinski definition) is 7. The molecule has 186 valence electrons. The lowest BCUT2D eigenvalue weighted by atomic mass is 10.0. The van der Waals surface area contributed by atoms with Crippen molar-refractivity contribution in [3.63, 3.8) is 0 Å². The van der Waals surface area contributed by atoms with E-state index in [1.54, 1.807) is 12.4 Å². The molecule has 0 amide bonds. The van der Waals surface area contributed by atoms with E-state index in [0.717, 1.165) is 22.1 Å². The highest BCUT2D eigenvalue weighted by Gasteiger charge is 2.37. The fourth-order valence-electron chi connectivity index (χ4n) is 3.88. The average molecular weight is 499 g/mol. The van der Waals surface area contributed by atoms with E-state index >= 15 is 0 Å². The number of likely N-dealkylation sites (N-methyl/N-ethyl adjacent to an activating group) is 1. The maximum atomic E-state index is 13.3.